The molecule has 2 unspecified atom stereocenters. The smallest absolute Gasteiger partial charge is 0.316 e. The molecule has 1 aliphatic carbocycles. The van der Waals surface area contributed by atoms with Crippen molar-refractivity contribution >= 4 is 29.0 Å². The fourth-order valence-electron chi connectivity index (χ4n) is 2.92. The molecule has 0 saturated heterocycles. The molecule has 1 aliphatic rings. The molecule has 8 heteroatoms. The van der Waals surface area contributed by atoms with Crippen molar-refractivity contribution in [2.75, 3.05) is 7.11 Å². The second kappa shape index (κ2) is 6.64. The van der Waals surface area contributed by atoms with Gasteiger partial charge in [-0.3, -0.25) is 14.4 Å². The van der Waals surface area contributed by atoms with Gasteiger partial charge >= 0.3 is 11.9 Å². The van der Waals surface area contributed by atoms with E-state index in [1.807, 2.05) is 0 Å². The van der Waals surface area contributed by atoms with Gasteiger partial charge in [-0.2, -0.15) is 0 Å². The summed E-state index contributed by atoms with van der Waals surface area (Å²) in [5.74, 6) is -2.82. The van der Waals surface area contributed by atoms with Crippen molar-refractivity contribution in [3.05, 3.63) is 45.3 Å². The van der Waals surface area contributed by atoms with Gasteiger partial charge < -0.3 is 24.1 Å². The summed E-state index contributed by atoms with van der Waals surface area (Å²) in [7, 11) is 1.15. The highest BCUT2D eigenvalue weighted by atomic mass is 16.5. The summed E-state index contributed by atoms with van der Waals surface area (Å²) in [4.78, 5) is 35.8. The Morgan fingerprint density at radius 1 is 1.31 bits per heavy atom. The minimum atomic E-state index is -1.25. The highest BCUT2D eigenvalue weighted by molar-refractivity contribution is 5.89. The standard InChI is InChI=1S/C18H16O8/c1-8(19)25-7-9-5-11(21)14-13(6-9)26-12-4-3-10(20)15(18(23)24-2)16(12)17(14)22/h3-6,10,15,20-21H,7H2,1-2H3. The Kier molecular flexibility index (Phi) is 4.52. The lowest BCUT2D eigenvalue weighted by molar-refractivity contribution is -0.144. The summed E-state index contributed by atoms with van der Waals surface area (Å²) in [5, 5.41) is 20.2. The lowest BCUT2D eigenvalue weighted by Gasteiger charge is -2.23. The molecule has 1 heterocycles. The maximum Gasteiger partial charge on any atom is 0.316 e. The Hall–Kier alpha value is -3.13. The molecule has 0 bridgehead atoms. The van der Waals surface area contributed by atoms with E-state index in [0.29, 0.717) is 5.56 Å². The van der Waals surface area contributed by atoms with Gasteiger partial charge in [-0.25, -0.2) is 0 Å². The Morgan fingerprint density at radius 2 is 2.04 bits per heavy atom. The van der Waals surface area contributed by atoms with Crippen molar-refractivity contribution in [1.82, 2.24) is 0 Å². The van der Waals surface area contributed by atoms with Crippen LogP contribution in [-0.2, 0) is 25.7 Å². The maximum atomic E-state index is 12.9. The van der Waals surface area contributed by atoms with Gasteiger partial charge in [0.1, 0.15) is 35.0 Å². The molecule has 136 valence electrons. The van der Waals surface area contributed by atoms with E-state index in [1.165, 1.54) is 31.2 Å². The number of aliphatic hydroxyl groups is 1. The molecule has 26 heavy (non-hydrogen) atoms. The van der Waals surface area contributed by atoms with Crippen LogP contribution in [0, 0.1) is 0 Å². The summed E-state index contributed by atoms with van der Waals surface area (Å²) in [6.45, 7) is 1.15. The minimum Gasteiger partial charge on any atom is -0.507 e. The maximum absolute atomic E-state index is 12.9. The molecule has 1 aromatic carbocycles. The van der Waals surface area contributed by atoms with Crippen LogP contribution in [0.4, 0.5) is 0 Å². The fourth-order valence-corrected chi connectivity index (χ4v) is 2.92. The number of carbonyl (C=O) groups is 2. The largest absolute Gasteiger partial charge is 0.507 e. The Morgan fingerprint density at radius 3 is 2.69 bits per heavy atom. The average molecular weight is 360 g/mol. The first-order chi connectivity index (χ1) is 12.3. The lowest BCUT2D eigenvalue weighted by atomic mass is 9.87. The molecule has 2 atom stereocenters. The summed E-state index contributed by atoms with van der Waals surface area (Å²) < 4.78 is 15.2. The molecule has 0 fully saturated rings. The molecule has 3 rings (SSSR count). The topological polar surface area (TPSA) is 123 Å². The van der Waals surface area contributed by atoms with Crippen LogP contribution in [0.3, 0.4) is 0 Å². The van der Waals surface area contributed by atoms with E-state index in [9.17, 15) is 24.6 Å². The molecular weight excluding hydrogens is 344 g/mol. The minimum absolute atomic E-state index is 0.0700. The van der Waals surface area contributed by atoms with Gasteiger partial charge in [0, 0.05) is 6.92 Å². The third-order valence-electron chi connectivity index (χ3n) is 4.09. The van der Waals surface area contributed by atoms with Crippen LogP contribution < -0.4 is 5.43 Å². The van der Waals surface area contributed by atoms with E-state index in [1.54, 1.807) is 0 Å². The van der Waals surface area contributed by atoms with E-state index in [-0.39, 0.29) is 34.6 Å². The third-order valence-corrected chi connectivity index (χ3v) is 4.09. The van der Waals surface area contributed by atoms with Crippen molar-refractivity contribution in [3.63, 3.8) is 0 Å². The molecule has 0 radical (unpaired) electrons. The summed E-state index contributed by atoms with van der Waals surface area (Å²) in [6.07, 6.45) is 1.46. The normalized spacial score (nSPS) is 18.4. The number of phenols is 1. The van der Waals surface area contributed by atoms with Crippen molar-refractivity contribution in [1.29, 1.82) is 0 Å². The lowest BCUT2D eigenvalue weighted by Crippen LogP contribution is -2.33. The van der Waals surface area contributed by atoms with Crippen LogP contribution >= 0.6 is 0 Å². The molecule has 0 saturated carbocycles. The molecule has 8 nitrogen and oxygen atoms in total. The number of hydrogen-bond donors (Lipinski definition) is 2. The number of aromatic hydroxyl groups is 1. The molecule has 2 aromatic rings. The Bertz CT molecular complexity index is 985. The highest BCUT2D eigenvalue weighted by Crippen LogP contribution is 2.34. The Balaban J connectivity index is 2.21. The van der Waals surface area contributed by atoms with Crippen LogP contribution in [0.1, 0.15) is 29.7 Å². The second-order valence-electron chi connectivity index (χ2n) is 5.83. The monoisotopic (exact) mass is 360 g/mol. The molecule has 2 N–H and O–H groups in total. The van der Waals surface area contributed by atoms with Crippen LogP contribution in [-0.4, -0.2) is 35.4 Å². The number of carbonyl (C=O) groups excluding carboxylic acids is 2. The average Bonchev–Trinajstić information content (AvgIpc) is 2.59. The summed E-state index contributed by atoms with van der Waals surface area (Å²) in [5.41, 5.74) is -0.225. The van der Waals surface area contributed by atoms with Crippen molar-refractivity contribution in [3.8, 4) is 5.75 Å². The zero-order valence-electron chi connectivity index (χ0n) is 14.0. The number of rotatable bonds is 3. The summed E-state index contributed by atoms with van der Waals surface area (Å²) in [6, 6.07) is 2.74. The predicted molar refractivity (Wildman–Crippen MR) is 89.4 cm³/mol. The molecule has 0 amide bonds. The second-order valence-corrected chi connectivity index (χ2v) is 5.83. The van der Waals surface area contributed by atoms with Crippen molar-refractivity contribution < 1.29 is 33.7 Å². The highest BCUT2D eigenvalue weighted by Gasteiger charge is 2.36. The number of methoxy groups -OCH3 is 1. The summed E-state index contributed by atoms with van der Waals surface area (Å²) >= 11 is 0. The van der Waals surface area contributed by atoms with Gasteiger partial charge in [-0.1, -0.05) is 6.08 Å². The molecule has 0 spiro atoms. The van der Waals surface area contributed by atoms with Gasteiger partial charge in [-0.15, -0.1) is 0 Å². The quantitative estimate of drug-likeness (QED) is 0.783. The first kappa shape index (κ1) is 17.7. The predicted octanol–water partition coefficient (Wildman–Crippen LogP) is 1.21. The number of phenolic OH excluding ortho intramolecular Hbond substituents is 1. The fraction of sp³-hybridized carbons (Fsp3) is 0.278. The van der Waals surface area contributed by atoms with Crippen LogP contribution in [0.5, 0.6) is 5.75 Å². The number of fused-ring (bicyclic) bond motifs is 2. The number of benzene rings is 1. The van der Waals surface area contributed by atoms with E-state index < -0.39 is 29.4 Å². The molecule has 0 aliphatic heterocycles. The van der Waals surface area contributed by atoms with Gasteiger partial charge in [0.05, 0.1) is 18.8 Å². The SMILES string of the molecule is COC(=O)C1c2c(oc3cc(COC(C)=O)cc(O)c3c2=O)C=CC1O. The number of aliphatic hydroxyl groups excluding tert-OH is 1. The molecule has 1 aromatic heterocycles. The number of hydrogen-bond acceptors (Lipinski definition) is 8. The number of esters is 2. The van der Waals surface area contributed by atoms with Crippen molar-refractivity contribution in [2.45, 2.75) is 25.6 Å². The Labute approximate surface area is 147 Å². The number of ether oxygens (including phenoxy) is 2. The van der Waals surface area contributed by atoms with Crippen LogP contribution in [0.25, 0.3) is 17.0 Å². The van der Waals surface area contributed by atoms with Gasteiger partial charge in [-0.05, 0) is 23.8 Å². The van der Waals surface area contributed by atoms with E-state index >= 15 is 0 Å². The van der Waals surface area contributed by atoms with E-state index in [2.05, 4.69) is 4.74 Å². The first-order valence-corrected chi connectivity index (χ1v) is 7.73. The van der Waals surface area contributed by atoms with Gasteiger partial charge in [0.25, 0.3) is 0 Å². The third kappa shape index (κ3) is 2.95. The van der Waals surface area contributed by atoms with Gasteiger partial charge in [0.15, 0.2) is 0 Å². The zero-order chi connectivity index (χ0) is 19.0. The van der Waals surface area contributed by atoms with Crippen molar-refractivity contribution in [2.24, 2.45) is 0 Å². The van der Waals surface area contributed by atoms with Crippen LogP contribution in [0.2, 0.25) is 0 Å². The first-order valence-electron chi connectivity index (χ1n) is 7.73. The van der Waals surface area contributed by atoms with E-state index in [0.717, 1.165) is 7.11 Å². The molecular formula is C18H16O8. The van der Waals surface area contributed by atoms with Gasteiger partial charge in [0.2, 0.25) is 5.43 Å². The van der Waals surface area contributed by atoms with E-state index in [4.69, 9.17) is 9.15 Å². The zero-order valence-corrected chi connectivity index (χ0v) is 14.0. The van der Waals surface area contributed by atoms with Crippen LogP contribution in [0.15, 0.2) is 27.4 Å².